The number of rotatable bonds is 2. The Bertz CT molecular complexity index is 610. The fourth-order valence-electron chi connectivity index (χ4n) is 1.54. The molecule has 0 spiro atoms. The Balaban J connectivity index is 2.65. The predicted molar refractivity (Wildman–Crippen MR) is 73.8 cm³/mol. The minimum absolute atomic E-state index is 0.544. The van der Waals surface area contributed by atoms with Crippen LogP contribution in [-0.2, 0) is 0 Å². The Morgan fingerprint density at radius 3 is 2.71 bits per heavy atom. The van der Waals surface area contributed by atoms with Crippen molar-refractivity contribution in [1.82, 2.24) is 9.97 Å². The van der Waals surface area contributed by atoms with Gasteiger partial charge in [-0.1, -0.05) is 24.4 Å². The van der Waals surface area contributed by atoms with E-state index in [9.17, 15) is 0 Å². The smallest absolute Gasteiger partial charge is 0.144 e. The third-order valence-corrected chi connectivity index (χ3v) is 3.93. The van der Waals surface area contributed by atoms with Gasteiger partial charge in [0.1, 0.15) is 16.2 Å². The van der Waals surface area contributed by atoms with Gasteiger partial charge < -0.3 is 9.72 Å². The first kappa shape index (κ1) is 12.3. The summed E-state index contributed by atoms with van der Waals surface area (Å²) in [4.78, 5) is 7.55. The SMILES string of the molecule is COc1ccccc1-c1nc(=S)c(Br)c(C)[nH]1. The number of hydrogen-bond acceptors (Lipinski definition) is 3. The number of para-hydroxylation sites is 1. The van der Waals surface area contributed by atoms with Crippen LogP contribution in [0.2, 0.25) is 0 Å². The fourth-order valence-corrected chi connectivity index (χ4v) is 1.97. The van der Waals surface area contributed by atoms with Crippen LogP contribution in [0.25, 0.3) is 11.4 Å². The van der Waals surface area contributed by atoms with Crippen molar-refractivity contribution in [3.05, 3.63) is 39.1 Å². The van der Waals surface area contributed by atoms with Crippen LogP contribution in [0.4, 0.5) is 0 Å². The number of hydrogen-bond donors (Lipinski definition) is 1. The Morgan fingerprint density at radius 2 is 2.06 bits per heavy atom. The number of nitrogens with zero attached hydrogens (tertiary/aromatic N) is 1. The highest BCUT2D eigenvalue weighted by molar-refractivity contribution is 9.10. The maximum absolute atomic E-state index is 5.30. The minimum Gasteiger partial charge on any atom is -0.496 e. The zero-order chi connectivity index (χ0) is 12.4. The molecule has 2 aromatic rings. The summed E-state index contributed by atoms with van der Waals surface area (Å²) in [6.07, 6.45) is 0. The molecule has 0 amide bonds. The molecule has 0 saturated heterocycles. The van der Waals surface area contributed by atoms with Gasteiger partial charge in [0, 0.05) is 5.69 Å². The number of ether oxygens (including phenoxy) is 1. The van der Waals surface area contributed by atoms with E-state index in [0.29, 0.717) is 10.5 Å². The summed E-state index contributed by atoms with van der Waals surface area (Å²) < 4.78 is 6.67. The van der Waals surface area contributed by atoms with Crippen LogP contribution < -0.4 is 4.74 Å². The summed E-state index contributed by atoms with van der Waals surface area (Å²) >= 11 is 8.58. The van der Waals surface area contributed by atoms with Crippen molar-refractivity contribution in [1.29, 1.82) is 0 Å². The first-order chi connectivity index (χ1) is 8.13. The van der Waals surface area contributed by atoms with Gasteiger partial charge in [0.25, 0.3) is 0 Å². The van der Waals surface area contributed by atoms with E-state index < -0.39 is 0 Å². The molecule has 0 bridgehead atoms. The van der Waals surface area contributed by atoms with E-state index in [1.54, 1.807) is 7.11 Å². The molecule has 2 rings (SSSR count). The molecule has 0 aliphatic carbocycles. The maximum atomic E-state index is 5.30. The molecule has 5 heteroatoms. The molecule has 0 radical (unpaired) electrons. The Labute approximate surface area is 113 Å². The highest BCUT2D eigenvalue weighted by Crippen LogP contribution is 2.28. The quantitative estimate of drug-likeness (QED) is 0.855. The van der Waals surface area contributed by atoms with Gasteiger partial charge in [-0.2, -0.15) is 0 Å². The topological polar surface area (TPSA) is 37.9 Å². The highest BCUT2D eigenvalue weighted by Gasteiger charge is 2.09. The Morgan fingerprint density at radius 1 is 1.35 bits per heavy atom. The van der Waals surface area contributed by atoms with Crippen molar-refractivity contribution >= 4 is 28.1 Å². The van der Waals surface area contributed by atoms with Crippen LogP contribution in [0.5, 0.6) is 5.75 Å². The monoisotopic (exact) mass is 310 g/mol. The summed E-state index contributed by atoms with van der Waals surface area (Å²) in [5.74, 6) is 1.49. The van der Waals surface area contributed by atoms with E-state index in [1.165, 1.54) is 0 Å². The van der Waals surface area contributed by atoms with Crippen LogP contribution >= 0.6 is 28.1 Å². The molecule has 0 unspecified atom stereocenters. The molecule has 0 atom stereocenters. The number of benzene rings is 1. The summed E-state index contributed by atoms with van der Waals surface area (Å²) in [5, 5.41) is 0. The Hall–Kier alpha value is -1.20. The summed E-state index contributed by atoms with van der Waals surface area (Å²) in [6.45, 7) is 1.94. The average Bonchev–Trinajstić information content (AvgIpc) is 2.35. The molecule has 0 aliphatic heterocycles. The van der Waals surface area contributed by atoms with Gasteiger partial charge in [-0.05, 0) is 35.0 Å². The molecule has 3 nitrogen and oxygen atoms in total. The molecule has 88 valence electrons. The molecule has 1 N–H and O–H groups in total. The lowest BCUT2D eigenvalue weighted by Crippen LogP contribution is -1.96. The number of aromatic nitrogens is 2. The third-order valence-electron chi connectivity index (χ3n) is 2.40. The zero-order valence-electron chi connectivity index (χ0n) is 9.45. The third kappa shape index (κ3) is 2.40. The van der Waals surface area contributed by atoms with Gasteiger partial charge in [0.2, 0.25) is 0 Å². The molecule has 1 aromatic carbocycles. The van der Waals surface area contributed by atoms with E-state index in [0.717, 1.165) is 21.5 Å². The van der Waals surface area contributed by atoms with Crippen LogP contribution in [0.3, 0.4) is 0 Å². The molecule has 0 aliphatic rings. The average molecular weight is 311 g/mol. The van der Waals surface area contributed by atoms with Crippen molar-refractivity contribution in [3.8, 4) is 17.1 Å². The van der Waals surface area contributed by atoms with Crippen molar-refractivity contribution in [3.63, 3.8) is 0 Å². The van der Waals surface area contributed by atoms with Crippen LogP contribution in [0.1, 0.15) is 5.69 Å². The molecular weight excluding hydrogens is 300 g/mol. The van der Waals surface area contributed by atoms with Gasteiger partial charge >= 0.3 is 0 Å². The van der Waals surface area contributed by atoms with Crippen molar-refractivity contribution in [2.75, 3.05) is 7.11 Å². The highest BCUT2D eigenvalue weighted by atomic mass is 79.9. The summed E-state index contributed by atoms with van der Waals surface area (Å²) in [5.41, 5.74) is 1.85. The lowest BCUT2D eigenvalue weighted by atomic mass is 10.2. The lowest BCUT2D eigenvalue weighted by Gasteiger charge is -2.09. The van der Waals surface area contributed by atoms with Crippen molar-refractivity contribution in [2.24, 2.45) is 0 Å². The van der Waals surface area contributed by atoms with Gasteiger partial charge in [0.05, 0.1) is 17.1 Å². The van der Waals surface area contributed by atoms with E-state index in [-0.39, 0.29) is 0 Å². The number of aromatic amines is 1. The second kappa shape index (κ2) is 4.98. The maximum Gasteiger partial charge on any atom is 0.144 e. The molecule has 1 heterocycles. The molecule has 0 fully saturated rings. The second-order valence-corrected chi connectivity index (χ2v) is 4.71. The standard InChI is InChI=1S/C12H11BrN2OS/c1-7-10(13)12(17)15-11(14-7)8-5-3-4-6-9(8)16-2/h3-6H,1-2H3,(H,14,15,17). The van der Waals surface area contributed by atoms with Crippen molar-refractivity contribution < 1.29 is 4.74 Å². The number of nitrogens with one attached hydrogen (secondary N) is 1. The first-order valence-electron chi connectivity index (χ1n) is 5.03. The van der Waals surface area contributed by atoms with E-state index in [1.807, 2.05) is 31.2 Å². The fraction of sp³-hybridized carbons (Fsp3) is 0.167. The zero-order valence-corrected chi connectivity index (χ0v) is 11.9. The molecule has 1 aromatic heterocycles. The summed E-state index contributed by atoms with van der Waals surface area (Å²) in [7, 11) is 1.64. The van der Waals surface area contributed by atoms with Gasteiger partial charge in [-0.15, -0.1) is 0 Å². The largest absolute Gasteiger partial charge is 0.496 e. The van der Waals surface area contributed by atoms with Gasteiger partial charge in [0.15, 0.2) is 0 Å². The predicted octanol–water partition coefficient (Wildman–Crippen LogP) is 3.89. The van der Waals surface area contributed by atoms with Crippen molar-refractivity contribution in [2.45, 2.75) is 6.92 Å². The van der Waals surface area contributed by atoms with Gasteiger partial charge in [-0.3, -0.25) is 0 Å². The minimum atomic E-state index is 0.544. The number of halogens is 1. The summed E-state index contributed by atoms with van der Waals surface area (Å²) in [6, 6.07) is 7.70. The van der Waals surface area contributed by atoms with Crippen LogP contribution in [-0.4, -0.2) is 17.1 Å². The van der Waals surface area contributed by atoms with E-state index in [2.05, 4.69) is 25.9 Å². The molecule has 0 saturated carbocycles. The van der Waals surface area contributed by atoms with E-state index >= 15 is 0 Å². The van der Waals surface area contributed by atoms with Crippen LogP contribution in [0, 0.1) is 11.6 Å². The number of aryl methyl sites for hydroxylation is 1. The lowest BCUT2D eigenvalue weighted by molar-refractivity contribution is 0.416. The van der Waals surface area contributed by atoms with E-state index in [4.69, 9.17) is 17.0 Å². The van der Waals surface area contributed by atoms with Crippen LogP contribution in [0.15, 0.2) is 28.7 Å². The van der Waals surface area contributed by atoms with Gasteiger partial charge in [-0.25, -0.2) is 4.98 Å². The normalized spacial score (nSPS) is 10.3. The molecule has 17 heavy (non-hydrogen) atoms. The number of H-pyrrole nitrogens is 1. The first-order valence-corrected chi connectivity index (χ1v) is 6.23. The molecular formula is C12H11BrN2OS. The number of methoxy groups -OCH3 is 1. The Kier molecular flexibility index (Phi) is 3.59. The second-order valence-electron chi connectivity index (χ2n) is 3.53.